The summed E-state index contributed by atoms with van der Waals surface area (Å²) in [5, 5.41) is 0. The van der Waals surface area contributed by atoms with Crippen LogP contribution in [0.15, 0.2) is 12.3 Å². The highest BCUT2D eigenvalue weighted by molar-refractivity contribution is 4.71. The molecule has 0 aromatic heterocycles. The van der Waals surface area contributed by atoms with E-state index in [9.17, 15) is 0 Å². The molecule has 0 aliphatic heterocycles. The topological polar surface area (TPSA) is 9.23 Å². The molecule has 0 saturated carbocycles. The van der Waals surface area contributed by atoms with E-state index < -0.39 is 0 Å². The molecule has 16 heavy (non-hydrogen) atoms. The Morgan fingerprint density at radius 3 is 2.19 bits per heavy atom. The van der Waals surface area contributed by atoms with Gasteiger partial charge in [0.2, 0.25) is 0 Å². The van der Waals surface area contributed by atoms with Crippen molar-refractivity contribution >= 4 is 0 Å². The number of rotatable bonds is 10. The number of hydrogen-bond donors (Lipinski definition) is 0. The maximum Gasteiger partial charge on any atom is 0.150 e. The fourth-order valence-electron chi connectivity index (χ4n) is 1.39. The highest BCUT2D eigenvalue weighted by Crippen LogP contribution is 2.07. The quantitative estimate of drug-likeness (QED) is 0.235. The predicted octanol–water partition coefficient (Wildman–Crippen LogP) is 4.28. The largest absolute Gasteiger partial charge is 0.324 e. The van der Waals surface area contributed by atoms with Gasteiger partial charge in [0.05, 0.1) is 0 Å². The number of hydroxylamine groups is 3. The summed E-state index contributed by atoms with van der Waals surface area (Å²) in [7, 11) is 4.13. The molecule has 0 rings (SSSR count). The number of unbranched alkanes of at least 4 members (excludes halogenated alkanes) is 6. The molecular weight excluding hydrogens is 198 g/mol. The van der Waals surface area contributed by atoms with Crippen LogP contribution in [0.5, 0.6) is 0 Å². The molecule has 0 aliphatic carbocycles. The lowest BCUT2D eigenvalue weighted by Gasteiger charge is -2.23. The molecule has 2 heteroatoms. The van der Waals surface area contributed by atoms with Crippen molar-refractivity contribution in [2.24, 2.45) is 0 Å². The van der Waals surface area contributed by atoms with Crippen molar-refractivity contribution in [3.8, 4) is 0 Å². The van der Waals surface area contributed by atoms with Crippen LogP contribution in [-0.2, 0) is 4.84 Å². The molecule has 0 heterocycles. The van der Waals surface area contributed by atoms with Gasteiger partial charge >= 0.3 is 0 Å². The molecule has 0 saturated heterocycles. The van der Waals surface area contributed by atoms with Crippen molar-refractivity contribution in [1.29, 1.82) is 0 Å². The molecule has 0 aromatic carbocycles. The summed E-state index contributed by atoms with van der Waals surface area (Å²) in [5.41, 5.74) is 0. The zero-order valence-electron chi connectivity index (χ0n) is 11.7. The van der Waals surface area contributed by atoms with Gasteiger partial charge in [0.25, 0.3) is 0 Å². The molecule has 0 bridgehead atoms. The monoisotopic (exact) mass is 228 g/mol. The standard InChI is InChI=1S/C14H30NO/c1-5-7-8-9-10-11-12-13-14-16-15(3,4)6-2/h13-14H,5-12H2,1-4H3/q+1/b14-13+. The fourth-order valence-corrected chi connectivity index (χ4v) is 1.39. The van der Waals surface area contributed by atoms with Crippen LogP contribution in [0.3, 0.4) is 0 Å². The third kappa shape index (κ3) is 10.0. The van der Waals surface area contributed by atoms with Gasteiger partial charge < -0.3 is 4.84 Å². The second-order valence-electron chi connectivity index (χ2n) is 4.92. The number of allylic oxidation sites excluding steroid dienone is 1. The third-order valence-electron chi connectivity index (χ3n) is 2.93. The Morgan fingerprint density at radius 2 is 1.56 bits per heavy atom. The summed E-state index contributed by atoms with van der Waals surface area (Å²) in [5.74, 6) is 0. The second kappa shape index (κ2) is 9.71. The highest BCUT2D eigenvalue weighted by Gasteiger charge is 2.10. The molecule has 0 aliphatic rings. The van der Waals surface area contributed by atoms with Crippen molar-refractivity contribution in [1.82, 2.24) is 0 Å². The molecule has 2 nitrogen and oxygen atoms in total. The Labute approximate surface area is 102 Å². The van der Waals surface area contributed by atoms with E-state index in [4.69, 9.17) is 4.84 Å². The van der Waals surface area contributed by atoms with Crippen molar-refractivity contribution in [3.05, 3.63) is 12.3 Å². The van der Waals surface area contributed by atoms with Gasteiger partial charge in [-0.2, -0.15) is 0 Å². The molecule has 0 N–H and O–H groups in total. The first kappa shape index (κ1) is 15.5. The van der Waals surface area contributed by atoms with Gasteiger partial charge in [-0.3, -0.25) is 0 Å². The van der Waals surface area contributed by atoms with E-state index in [1.54, 1.807) is 0 Å². The lowest BCUT2D eigenvalue weighted by atomic mass is 10.1. The summed E-state index contributed by atoms with van der Waals surface area (Å²) < 4.78 is 0.604. The molecule has 96 valence electrons. The van der Waals surface area contributed by atoms with E-state index in [0.29, 0.717) is 4.65 Å². The van der Waals surface area contributed by atoms with Gasteiger partial charge in [-0.15, -0.1) is 4.65 Å². The first-order chi connectivity index (χ1) is 7.62. The van der Waals surface area contributed by atoms with Gasteiger partial charge in [-0.25, -0.2) is 0 Å². The van der Waals surface area contributed by atoms with Crippen LogP contribution in [0.2, 0.25) is 0 Å². The average Bonchev–Trinajstić information content (AvgIpc) is 2.27. The first-order valence-corrected chi connectivity index (χ1v) is 6.78. The van der Waals surface area contributed by atoms with E-state index in [1.807, 2.05) is 6.26 Å². The Balaban J connectivity index is 3.28. The van der Waals surface area contributed by atoms with E-state index in [2.05, 4.69) is 34.0 Å². The number of quaternary nitrogens is 1. The van der Waals surface area contributed by atoms with Crippen LogP contribution in [-0.4, -0.2) is 25.3 Å². The van der Waals surface area contributed by atoms with Crippen molar-refractivity contribution in [2.45, 2.75) is 58.8 Å². The number of hydrogen-bond acceptors (Lipinski definition) is 1. The van der Waals surface area contributed by atoms with Crippen LogP contribution in [0.25, 0.3) is 0 Å². The summed E-state index contributed by atoms with van der Waals surface area (Å²) in [4.78, 5) is 5.58. The molecule has 0 spiro atoms. The predicted molar refractivity (Wildman–Crippen MR) is 70.9 cm³/mol. The maximum atomic E-state index is 5.58. The third-order valence-corrected chi connectivity index (χ3v) is 2.93. The zero-order chi connectivity index (χ0) is 12.3. The molecule has 0 atom stereocenters. The van der Waals surface area contributed by atoms with E-state index in [0.717, 1.165) is 13.0 Å². The Kier molecular flexibility index (Phi) is 9.40. The van der Waals surface area contributed by atoms with Gasteiger partial charge in [-0.1, -0.05) is 39.0 Å². The maximum absolute atomic E-state index is 5.58. The van der Waals surface area contributed by atoms with Gasteiger partial charge in [0.1, 0.15) is 20.6 Å². The Morgan fingerprint density at radius 1 is 0.938 bits per heavy atom. The second-order valence-corrected chi connectivity index (χ2v) is 4.92. The molecule has 0 aromatic rings. The van der Waals surface area contributed by atoms with Crippen LogP contribution in [0, 0.1) is 0 Å². The van der Waals surface area contributed by atoms with Gasteiger partial charge in [-0.05, 0) is 25.8 Å². The van der Waals surface area contributed by atoms with Crippen LogP contribution >= 0.6 is 0 Å². The lowest BCUT2D eigenvalue weighted by Crippen LogP contribution is -2.37. The minimum absolute atomic E-state index is 0.604. The van der Waals surface area contributed by atoms with E-state index in [1.165, 1.54) is 38.5 Å². The summed E-state index contributed by atoms with van der Waals surface area (Å²) in [6.45, 7) is 5.37. The lowest BCUT2D eigenvalue weighted by molar-refractivity contribution is -1.06. The van der Waals surface area contributed by atoms with Crippen molar-refractivity contribution < 1.29 is 9.48 Å². The minimum atomic E-state index is 0.604. The SMILES string of the molecule is CCCCCCCC/C=C/O[N+](C)(C)CC. The summed E-state index contributed by atoms with van der Waals surface area (Å²) in [6, 6.07) is 0. The van der Waals surface area contributed by atoms with Crippen LogP contribution < -0.4 is 0 Å². The zero-order valence-corrected chi connectivity index (χ0v) is 11.7. The van der Waals surface area contributed by atoms with Gasteiger partial charge in [0, 0.05) is 0 Å². The first-order valence-electron chi connectivity index (χ1n) is 6.78. The fraction of sp³-hybridized carbons (Fsp3) is 0.857. The molecule has 0 unspecified atom stereocenters. The molecule has 0 radical (unpaired) electrons. The minimum Gasteiger partial charge on any atom is -0.324 e. The van der Waals surface area contributed by atoms with Crippen LogP contribution in [0.4, 0.5) is 0 Å². The van der Waals surface area contributed by atoms with Crippen molar-refractivity contribution in [2.75, 3.05) is 20.6 Å². The van der Waals surface area contributed by atoms with E-state index >= 15 is 0 Å². The number of nitrogens with zero attached hydrogens (tertiary/aromatic N) is 1. The van der Waals surface area contributed by atoms with Crippen LogP contribution in [0.1, 0.15) is 58.8 Å². The average molecular weight is 228 g/mol. The molecule has 0 amide bonds. The highest BCUT2D eigenvalue weighted by atomic mass is 16.7. The molecule has 0 fully saturated rings. The molecular formula is C14H30NO+. The van der Waals surface area contributed by atoms with Gasteiger partial charge in [0.15, 0.2) is 6.26 Å². The summed E-state index contributed by atoms with van der Waals surface area (Å²) in [6.07, 6.45) is 13.3. The normalized spacial score (nSPS) is 12.2. The Hall–Kier alpha value is -0.500. The van der Waals surface area contributed by atoms with Crippen molar-refractivity contribution in [3.63, 3.8) is 0 Å². The Bertz CT molecular complexity index is 176. The van der Waals surface area contributed by atoms with E-state index in [-0.39, 0.29) is 0 Å². The summed E-state index contributed by atoms with van der Waals surface area (Å²) >= 11 is 0. The smallest absolute Gasteiger partial charge is 0.150 e.